The van der Waals surface area contributed by atoms with Crippen molar-refractivity contribution in [3.63, 3.8) is 0 Å². The molecule has 0 aromatic carbocycles. The molecule has 2 aromatic rings. The molecule has 0 amide bonds. The standard InChI is InChI=1S/C26H37FN4O3/c1-34-18-22(27)17-31(15-12-21(26(32)33)16-24-11-13-28-19-29-24)14-5-4-7-23-10-9-20-6-2-3-8-25(20)30-23/h9-11,13,19,21-22H,2-8,12,14-18H2,1H3,(H,32,33)/t21-,22+/m1/s1. The number of hydrogen-bond acceptors (Lipinski definition) is 6. The predicted molar refractivity (Wildman–Crippen MR) is 129 cm³/mol. The van der Waals surface area contributed by atoms with Gasteiger partial charge in [-0.15, -0.1) is 0 Å². The van der Waals surface area contributed by atoms with Crippen LogP contribution in [0.4, 0.5) is 4.39 Å². The first-order valence-electron chi connectivity index (χ1n) is 12.4. The molecule has 1 aliphatic rings. The summed E-state index contributed by atoms with van der Waals surface area (Å²) >= 11 is 0. The lowest BCUT2D eigenvalue weighted by Gasteiger charge is -2.25. The van der Waals surface area contributed by atoms with Crippen molar-refractivity contribution in [2.75, 3.05) is 33.4 Å². The zero-order valence-corrected chi connectivity index (χ0v) is 20.2. The SMILES string of the molecule is COC[C@@H](F)CN(CCCCc1ccc2c(n1)CCCC2)CC[C@H](Cc1ccncn1)C(=O)O. The van der Waals surface area contributed by atoms with Crippen molar-refractivity contribution in [3.05, 3.63) is 53.4 Å². The van der Waals surface area contributed by atoms with Crippen LogP contribution in [-0.2, 0) is 35.2 Å². The molecule has 0 aliphatic heterocycles. The fraction of sp³-hybridized carbons (Fsp3) is 0.615. The maximum Gasteiger partial charge on any atom is 0.306 e. The Morgan fingerprint density at radius 1 is 1.18 bits per heavy atom. The van der Waals surface area contributed by atoms with Gasteiger partial charge in [0, 0.05) is 43.4 Å². The Morgan fingerprint density at radius 3 is 2.79 bits per heavy atom. The number of fused-ring (bicyclic) bond motifs is 1. The van der Waals surface area contributed by atoms with E-state index in [0.29, 0.717) is 25.1 Å². The summed E-state index contributed by atoms with van der Waals surface area (Å²) in [6.45, 7) is 1.52. The van der Waals surface area contributed by atoms with E-state index in [1.807, 2.05) is 4.90 Å². The molecule has 0 unspecified atom stereocenters. The van der Waals surface area contributed by atoms with Gasteiger partial charge in [0.05, 0.1) is 12.5 Å². The second kappa shape index (κ2) is 14.1. The smallest absolute Gasteiger partial charge is 0.306 e. The van der Waals surface area contributed by atoms with E-state index in [0.717, 1.165) is 44.3 Å². The molecule has 7 nitrogen and oxygen atoms in total. The van der Waals surface area contributed by atoms with Crippen LogP contribution in [0.15, 0.2) is 30.7 Å². The average molecular weight is 473 g/mol. The summed E-state index contributed by atoms with van der Waals surface area (Å²) in [6, 6.07) is 6.10. The molecule has 0 spiro atoms. The number of unbranched alkanes of at least 4 members (excludes halogenated alkanes) is 1. The summed E-state index contributed by atoms with van der Waals surface area (Å²) in [4.78, 5) is 26.7. The highest BCUT2D eigenvalue weighted by atomic mass is 19.1. The number of aryl methyl sites for hydroxylation is 3. The number of pyridine rings is 1. The number of rotatable bonds is 15. The van der Waals surface area contributed by atoms with Crippen molar-refractivity contribution in [2.24, 2.45) is 5.92 Å². The number of aromatic nitrogens is 3. The van der Waals surface area contributed by atoms with Gasteiger partial charge in [-0.2, -0.15) is 0 Å². The number of hydrogen-bond donors (Lipinski definition) is 1. The van der Waals surface area contributed by atoms with Gasteiger partial charge < -0.3 is 14.7 Å². The fourth-order valence-corrected chi connectivity index (χ4v) is 4.56. The Bertz CT molecular complexity index is 884. The highest BCUT2D eigenvalue weighted by molar-refractivity contribution is 5.70. The first-order chi connectivity index (χ1) is 16.5. The Balaban J connectivity index is 1.50. The van der Waals surface area contributed by atoms with Gasteiger partial charge >= 0.3 is 5.97 Å². The molecule has 34 heavy (non-hydrogen) atoms. The number of alkyl halides is 1. The van der Waals surface area contributed by atoms with Gasteiger partial charge in [0.1, 0.15) is 12.5 Å². The second-order valence-corrected chi connectivity index (χ2v) is 9.15. The van der Waals surface area contributed by atoms with Crippen LogP contribution in [0.2, 0.25) is 0 Å². The largest absolute Gasteiger partial charge is 0.481 e. The molecule has 2 aromatic heterocycles. The third-order valence-electron chi connectivity index (χ3n) is 6.44. The lowest BCUT2D eigenvalue weighted by atomic mass is 9.95. The maximum absolute atomic E-state index is 14.3. The van der Waals surface area contributed by atoms with E-state index in [1.54, 1.807) is 12.3 Å². The molecule has 0 radical (unpaired) electrons. The first kappa shape index (κ1) is 26.2. The summed E-state index contributed by atoms with van der Waals surface area (Å²) in [5.41, 5.74) is 4.48. The molecular formula is C26H37FN4O3. The Hall–Kier alpha value is -2.45. The van der Waals surface area contributed by atoms with E-state index >= 15 is 0 Å². The van der Waals surface area contributed by atoms with Gasteiger partial charge in [-0.1, -0.05) is 6.07 Å². The molecule has 186 valence electrons. The molecule has 2 heterocycles. The minimum atomic E-state index is -1.10. The normalized spacial score (nSPS) is 15.1. The van der Waals surface area contributed by atoms with Crippen LogP contribution >= 0.6 is 0 Å². The minimum absolute atomic E-state index is 0.0405. The maximum atomic E-state index is 14.3. The topological polar surface area (TPSA) is 88.4 Å². The van der Waals surface area contributed by atoms with E-state index in [2.05, 4.69) is 22.1 Å². The molecule has 1 aliphatic carbocycles. The van der Waals surface area contributed by atoms with Crippen molar-refractivity contribution in [1.82, 2.24) is 19.9 Å². The van der Waals surface area contributed by atoms with Crippen molar-refractivity contribution >= 4 is 5.97 Å². The Labute approximate surface area is 201 Å². The first-order valence-corrected chi connectivity index (χ1v) is 12.4. The van der Waals surface area contributed by atoms with Crippen molar-refractivity contribution < 1.29 is 19.0 Å². The summed E-state index contributed by atoms with van der Waals surface area (Å²) < 4.78 is 19.3. The summed E-state index contributed by atoms with van der Waals surface area (Å²) in [7, 11) is 1.49. The summed E-state index contributed by atoms with van der Waals surface area (Å²) in [6.07, 6.45) is 10.2. The Kier molecular flexibility index (Phi) is 10.8. The van der Waals surface area contributed by atoms with Crippen LogP contribution in [0, 0.1) is 5.92 Å². The molecule has 0 saturated carbocycles. The van der Waals surface area contributed by atoms with Crippen molar-refractivity contribution in [1.29, 1.82) is 0 Å². The molecule has 2 atom stereocenters. The number of carbonyl (C=O) groups is 1. The molecule has 0 saturated heterocycles. The highest BCUT2D eigenvalue weighted by Gasteiger charge is 2.21. The lowest BCUT2D eigenvalue weighted by molar-refractivity contribution is -0.142. The van der Waals surface area contributed by atoms with Gasteiger partial charge in [0.2, 0.25) is 0 Å². The number of halogens is 1. The summed E-state index contributed by atoms with van der Waals surface area (Å²) in [5, 5.41) is 9.68. The molecule has 8 heteroatoms. The highest BCUT2D eigenvalue weighted by Crippen LogP contribution is 2.20. The monoisotopic (exact) mass is 472 g/mol. The quantitative estimate of drug-likeness (QED) is 0.396. The number of aliphatic carboxylic acids is 1. The van der Waals surface area contributed by atoms with Crippen LogP contribution in [0.5, 0.6) is 0 Å². The van der Waals surface area contributed by atoms with E-state index in [4.69, 9.17) is 9.72 Å². The van der Waals surface area contributed by atoms with Crippen LogP contribution in [0.1, 0.15) is 54.7 Å². The van der Waals surface area contributed by atoms with Crippen LogP contribution in [0.3, 0.4) is 0 Å². The molecule has 0 bridgehead atoms. The van der Waals surface area contributed by atoms with Crippen LogP contribution in [-0.4, -0.2) is 70.5 Å². The molecule has 0 fully saturated rings. The van der Waals surface area contributed by atoms with Gasteiger partial charge in [-0.25, -0.2) is 14.4 Å². The lowest BCUT2D eigenvalue weighted by Crippen LogP contribution is -2.36. The van der Waals surface area contributed by atoms with E-state index in [1.165, 1.54) is 37.5 Å². The van der Waals surface area contributed by atoms with E-state index < -0.39 is 18.1 Å². The fourth-order valence-electron chi connectivity index (χ4n) is 4.56. The number of ether oxygens (including phenoxy) is 1. The van der Waals surface area contributed by atoms with Gasteiger partial charge in [-0.05, 0) is 82.2 Å². The third-order valence-corrected chi connectivity index (χ3v) is 6.44. The third kappa shape index (κ3) is 8.72. The minimum Gasteiger partial charge on any atom is -0.481 e. The second-order valence-electron chi connectivity index (χ2n) is 9.15. The zero-order valence-electron chi connectivity index (χ0n) is 20.2. The van der Waals surface area contributed by atoms with Crippen molar-refractivity contribution in [3.8, 4) is 0 Å². The summed E-state index contributed by atoms with van der Waals surface area (Å²) in [5.74, 6) is -1.43. The number of methoxy groups -OCH3 is 1. The zero-order chi connectivity index (χ0) is 24.2. The predicted octanol–water partition coefficient (Wildman–Crippen LogP) is 3.69. The van der Waals surface area contributed by atoms with E-state index in [-0.39, 0.29) is 13.2 Å². The number of nitrogens with zero attached hydrogens (tertiary/aromatic N) is 4. The van der Waals surface area contributed by atoms with Crippen molar-refractivity contribution in [2.45, 2.75) is 64.0 Å². The molecule has 3 rings (SSSR count). The van der Waals surface area contributed by atoms with Crippen LogP contribution in [0.25, 0.3) is 0 Å². The van der Waals surface area contributed by atoms with E-state index in [9.17, 15) is 14.3 Å². The van der Waals surface area contributed by atoms with Gasteiger partial charge in [-0.3, -0.25) is 9.78 Å². The number of carboxylic acid groups (broad SMARTS) is 1. The van der Waals surface area contributed by atoms with Gasteiger partial charge in [0.15, 0.2) is 0 Å². The average Bonchev–Trinajstić information content (AvgIpc) is 2.84. The Morgan fingerprint density at radius 2 is 2.03 bits per heavy atom. The molecule has 1 N–H and O–H groups in total. The molecular weight excluding hydrogens is 435 g/mol. The van der Waals surface area contributed by atoms with Gasteiger partial charge in [0.25, 0.3) is 0 Å². The van der Waals surface area contributed by atoms with Crippen LogP contribution < -0.4 is 0 Å². The number of carboxylic acids is 1.